The molecule has 7 heteroatoms. The van der Waals surface area contributed by atoms with Crippen molar-refractivity contribution in [1.29, 1.82) is 0 Å². The third kappa shape index (κ3) is 7.14. The van der Waals surface area contributed by atoms with Crippen molar-refractivity contribution < 1.29 is 14.3 Å². The summed E-state index contributed by atoms with van der Waals surface area (Å²) in [6.07, 6.45) is 2.66. The lowest BCUT2D eigenvalue weighted by Gasteiger charge is -2.33. The lowest BCUT2D eigenvalue weighted by atomic mass is 9.97. The molecular weight excluding hydrogens is 469 g/mol. The molecule has 1 N–H and O–H groups in total. The van der Waals surface area contributed by atoms with Gasteiger partial charge in [0.15, 0.2) is 5.96 Å². The standard InChI is InChI=1S/C21H33N3O3.HI/c1-5-27-20(25)18-11-14-24(15-12-18)21(22-3)23-13-10-16(2)17-6-8-19(26-4)9-7-17;/h6-9,16,18H,5,10-15H2,1-4H3,(H,22,23);1H. The van der Waals surface area contributed by atoms with E-state index < -0.39 is 0 Å². The summed E-state index contributed by atoms with van der Waals surface area (Å²) in [6.45, 7) is 7.06. The van der Waals surface area contributed by atoms with E-state index in [1.807, 2.05) is 26.1 Å². The Morgan fingerprint density at radius 3 is 2.46 bits per heavy atom. The Morgan fingerprint density at radius 2 is 1.93 bits per heavy atom. The molecule has 0 spiro atoms. The number of likely N-dealkylation sites (tertiary alicyclic amines) is 1. The first-order valence-corrected chi connectivity index (χ1v) is 9.85. The predicted octanol–water partition coefficient (Wildman–Crippen LogP) is 3.66. The molecule has 1 atom stereocenters. The van der Waals surface area contributed by atoms with Crippen LogP contribution < -0.4 is 10.1 Å². The van der Waals surface area contributed by atoms with Crippen molar-refractivity contribution in [2.75, 3.05) is 40.4 Å². The van der Waals surface area contributed by atoms with Crippen LogP contribution >= 0.6 is 24.0 Å². The lowest BCUT2D eigenvalue weighted by molar-refractivity contribution is -0.149. The molecule has 1 aromatic carbocycles. The molecule has 1 aliphatic heterocycles. The van der Waals surface area contributed by atoms with Crippen LogP contribution in [-0.4, -0.2) is 57.2 Å². The molecule has 0 bridgehead atoms. The summed E-state index contributed by atoms with van der Waals surface area (Å²) in [6, 6.07) is 8.26. The number of halogens is 1. The molecule has 6 nitrogen and oxygen atoms in total. The molecule has 0 amide bonds. The van der Waals surface area contributed by atoms with Gasteiger partial charge < -0.3 is 19.7 Å². The number of guanidine groups is 1. The van der Waals surface area contributed by atoms with Gasteiger partial charge in [0.2, 0.25) is 0 Å². The number of hydrogen-bond acceptors (Lipinski definition) is 4. The summed E-state index contributed by atoms with van der Waals surface area (Å²) in [5, 5.41) is 3.47. The number of carbonyl (C=O) groups is 1. The summed E-state index contributed by atoms with van der Waals surface area (Å²) < 4.78 is 10.4. The van der Waals surface area contributed by atoms with Crippen molar-refractivity contribution >= 4 is 35.9 Å². The Kier molecular flexibility index (Phi) is 11.3. The van der Waals surface area contributed by atoms with Crippen LogP contribution in [0.3, 0.4) is 0 Å². The third-order valence-corrected chi connectivity index (χ3v) is 5.17. The fraction of sp³-hybridized carbons (Fsp3) is 0.619. The summed E-state index contributed by atoms with van der Waals surface area (Å²) in [5.41, 5.74) is 1.31. The minimum atomic E-state index is -0.0617. The largest absolute Gasteiger partial charge is 0.497 e. The molecule has 0 saturated carbocycles. The van der Waals surface area contributed by atoms with Crippen LogP contribution in [0.25, 0.3) is 0 Å². The van der Waals surface area contributed by atoms with Gasteiger partial charge in [-0.05, 0) is 49.8 Å². The molecule has 0 radical (unpaired) electrons. The Balaban J connectivity index is 0.00000392. The third-order valence-electron chi connectivity index (χ3n) is 5.17. The smallest absolute Gasteiger partial charge is 0.309 e. The Hall–Kier alpha value is -1.51. The zero-order chi connectivity index (χ0) is 19.6. The van der Waals surface area contributed by atoms with Crippen LogP contribution in [0.15, 0.2) is 29.3 Å². The van der Waals surface area contributed by atoms with E-state index in [9.17, 15) is 4.79 Å². The summed E-state index contributed by atoms with van der Waals surface area (Å²) >= 11 is 0. The quantitative estimate of drug-likeness (QED) is 0.267. The van der Waals surface area contributed by atoms with E-state index >= 15 is 0 Å². The van der Waals surface area contributed by atoms with Crippen molar-refractivity contribution in [3.05, 3.63) is 29.8 Å². The van der Waals surface area contributed by atoms with Crippen LogP contribution in [0.4, 0.5) is 0 Å². The number of benzene rings is 1. The molecule has 158 valence electrons. The van der Waals surface area contributed by atoms with Crippen molar-refractivity contribution in [3.63, 3.8) is 0 Å². The van der Waals surface area contributed by atoms with Gasteiger partial charge in [-0.2, -0.15) is 0 Å². The van der Waals surface area contributed by atoms with E-state index in [2.05, 4.69) is 34.3 Å². The first-order valence-electron chi connectivity index (χ1n) is 9.85. The van der Waals surface area contributed by atoms with Crippen LogP contribution in [0.1, 0.15) is 44.6 Å². The minimum Gasteiger partial charge on any atom is -0.497 e. The molecule has 1 fully saturated rings. The Labute approximate surface area is 186 Å². The molecule has 0 aromatic heterocycles. The van der Waals surface area contributed by atoms with E-state index in [4.69, 9.17) is 9.47 Å². The molecular formula is C21H34IN3O3. The molecule has 2 rings (SSSR count). The number of carbonyl (C=O) groups excluding carboxylic acids is 1. The zero-order valence-electron chi connectivity index (χ0n) is 17.4. The normalized spacial score (nSPS) is 16.1. The van der Waals surface area contributed by atoms with Crippen molar-refractivity contribution in [1.82, 2.24) is 10.2 Å². The predicted molar refractivity (Wildman–Crippen MR) is 124 cm³/mol. The number of rotatable bonds is 7. The van der Waals surface area contributed by atoms with Gasteiger partial charge in [0.1, 0.15) is 5.75 Å². The summed E-state index contributed by atoms with van der Waals surface area (Å²) in [7, 11) is 3.50. The van der Waals surface area contributed by atoms with E-state index in [0.717, 1.165) is 50.6 Å². The second-order valence-corrected chi connectivity index (χ2v) is 6.95. The number of methoxy groups -OCH3 is 1. The number of hydrogen-bond donors (Lipinski definition) is 1. The van der Waals surface area contributed by atoms with Gasteiger partial charge in [-0.3, -0.25) is 9.79 Å². The van der Waals surface area contributed by atoms with Crippen LogP contribution in [0.5, 0.6) is 5.75 Å². The first kappa shape index (κ1) is 24.5. The highest BCUT2D eigenvalue weighted by molar-refractivity contribution is 14.0. The maximum atomic E-state index is 11.9. The number of piperidine rings is 1. The maximum Gasteiger partial charge on any atom is 0.309 e. The van der Waals surface area contributed by atoms with Crippen LogP contribution in [0.2, 0.25) is 0 Å². The molecule has 1 aromatic rings. The summed E-state index contributed by atoms with van der Waals surface area (Å²) in [5.74, 6) is 2.22. The maximum absolute atomic E-state index is 11.9. The topological polar surface area (TPSA) is 63.2 Å². The van der Waals surface area contributed by atoms with Gasteiger partial charge in [-0.15, -0.1) is 24.0 Å². The molecule has 1 aliphatic rings. The molecule has 1 heterocycles. The SMILES string of the molecule is CCOC(=O)C1CCN(C(=NC)NCCC(C)c2ccc(OC)cc2)CC1.I. The van der Waals surface area contributed by atoms with Gasteiger partial charge in [0, 0.05) is 26.7 Å². The van der Waals surface area contributed by atoms with Gasteiger partial charge in [-0.25, -0.2) is 0 Å². The fourth-order valence-electron chi connectivity index (χ4n) is 3.42. The van der Waals surface area contributed by atoms with E-state index in [-0.39, 0.29) is 35.9 Å². The highest BCUT2D eigenvalue weighted by atomic mass is 127. The van der Waals surface area contributed by atoms with Crippen LogP contribution in [0, 0.1) is 5.92 Å². The van der Waals surface area contributed by atoms with Gasteiger partial charge in [-0.1, -0.05) is 19.1 Å². The van der Waals surface area contributed by atoms with Gasteiger partial charge in [0.25, 0.3) is 0 Å². The lowest BCUT2D eigenvalue weighted by Crippen LogP contribution is -2.47. The molecule has 1 unspecified atom stereocenters. The molecule has 28 heavy (non-hydrogen) atoms. The number of ether oxygens (including phenoxy) is 2. The molecule has 1 saturated heterocycles. The number of nitrogens with zero attached hydrogens (tertiary/aromatic N) is 2. The Bertz CT molecular complexity index is 614. The Morgan fingerprint density at radius 1 is 1.29 bits per heavy atom. The molecule has 0 aliphatic carbocycles. The van der Waals surface area contributed by atoms with E-state index in [0.29, 0.717) is 12.5 Å². The van der Waals surface area contributed by atoms with Crippen molar-refractivity contribution in [3.8, 4) is 5.75 Å². The average Bonchev–Trinajstić information content (AvgIpc) is 2.71. The second kappa shape index (κ2) is 12.9. The number of aliphatic imine (C=N–C) groups is 1. The highest BCUT2D eigenvalue weighted by Crippen LogP contribution is 2.22. The van der Waals surface area contributed by atoms with Gasteiger partial charge in [0.05, 0.1) is 19.6 Å². The van der Waals surface area contributed by atoms with Crippen molar-refractivity contribution in [2.45, 2.75) is 39.0 Å². The second-order valence-electron chi connectivity index (χ2n) is 6.95. The zero-order valence-corrected chi connectivity index (χ0v) is 19.8. The number of nitrogens with one attached hydrogen (secondary N) is 1. The van der Waals surface area contributed by atoms with E-state index in [1.165, 1.54) is 5.56 Å². The number of esters is 1. The monoisotopic (exact) mass is 503 g/mol. The summed E-state index contributed by atoms with van der Waals surface area (Å²) in [4.78, 5) is 18.5. The van der Waals surface area contributed by atoms with Crippen molar-refractivity contribution in [2.24, 2.45) is 10.9 Å². The minimum absolute atomic E-state index is 0. The van der Waals surface area contributed by atoms with Crippen LogP contribution in [-0.2, 0) is 9.53 Å². The van der Waals surface area contributed by atoms with Gasteiger partial charge >= 0.3 is 5.97 Å². The first-order chi connectivity index (χ1) is 13.1. The highest BCUT2D eigenvalue weighted by Gasteiger charge is 2.27. The fourth-order valence-corrected chi connectivity index (χ4v) is 3.42. The average molecular weight is 503 g/mol. The van der Waals surface area contributed by atoms with E-state index in [1.54, 1.807) is 7.11 Å².